The lowest BCUT2D eigenvalue weighted by atomic mass is 10.0. The van der Waals surface area contributed by atoms with Gasteiger partial charge in [0.2, 0.25) is 0 Å². The van der Waals surface area contributed by atoms with Gasteiger partial charge in [0.05, 0.1) is 0 Å². The number of hydrogen-bond acceptors (Lipinski definition) is 0. The lowest BCUT2D eigenvalue weighted by molar-refractivity contribution is 0.947. The van der Waals surface area contributed by atoms with E-state index in [1.165, 1.54) is 16.7 Å². The fraction of sp³-hybridized carbons (Fsp3) is 0.250. The predicted octanol–water partition coefficient (Wildman–Crippen LogP) is 3.19. The van der Waals surface area contributed by atoms with E-state index in [1.54, 1.807) is 0 Å². The molecule has 2 rings (SSSR count). The van der Waals surface area contributed by atoms with Crippen LogP contribution in [0.5, 0.6) is 0 Å². The van der Waals surface area contributed by atoms with Gasteiger partial charge in [-0.2, -0.15) is 0 Å². The zero-order valence-electron chi connectivity index (χ0n) is 7.30. The van der Waals surface area contributed by atoms with Crippen molar-refractivity contribution in [3.8, 4) is 0 Å². The first kappa shape index (κ1) is 7.39. The van der Waals surface area contributed by atoms with Gasteiger partial charge >= 0.3 is 0 Å². The van der Waals surface area contributed by atoms with Crippen LogP contribution in [0.15, 0.2) is 35.6 Å². The van der Waals surface area contributed by atoms with Crippen LogP contribution in [-0.4, -0.2) is 0 Å². The van der Waals surface area contributed by atoms with Gasteiger partial charge in [-0.1, -0.05) is 24.3 Å². The first-order chi connectivity index (χ1) is 5.86. The lowest BCUT2D eigenvalue weighted by Crippen LogP contribution is -1.86. The lowest BCUT2D eigenvalue weighted by Gasteiger charge is -2.01. The van der Waals surface area contributed by atoms with Crippen LogP contribution in [0.2, 0.25) is 0 Å². The highest BCUT2D eigenvalue weighted by Gasteiger charge is 2.01. The molecule has 0 aromatic heterocycles. The SMILES string of the molecule is CC1=C=Cc2ccccc2CC1. The third kappa shape index (κ3) is 1.34. The zero-order chi connectivity index (χ0) is 8.39. The molecule has 0 radical (unpaired) electrons. The Balaban J connectivity index is 2.52. The molecule has 1 aromatic rings. The third-order valence-electron chi connectivity index (χ3n) is 2.30. The van der Waals surface area contributed by atoms with Crippen molar-refractivity contribution in [2.75, 3.05) is 0 Å². The maximum Gasteiger partial charge on any atom is -0.0125 e. The first-order valence-corrected chi connectivity index (χ1v) is 4.36. The molecule has 1 aliphatic rings. The molecule has 60 valence electrons. The first-order valence-electron chi connectivity index (χ1n) is 4.36. The average molecular weight is 156 g/mol. The fourth-order valence-electron chi connectivity index (χ4n) is 1.50. The van der Waals surface area contributed by atoms with Gasteiger partial charge in [0, 0.05) is 0 Å². The number of rotatable bonds is 0. The van der Waals surface area contributed by atoms with Gasteiger partial charge in [-0.15, -0.1) is 5.73 Å². The molecular weight excluding hydrogens is 144 g/mol. The van der Waals surface area contributed by atoms with Crippen LogP contribution in [-0.2, 0) is 6.42 Å². The summed E-state index contributed by atoms with van der Waals surface area (Å²) in [6.07, 6.45) is 4.40. The Hall–Kier alpha value is -1.26. The molecule has 0 bridgehead atoms. The van der Waals surface area contributed by atoms with Gasteiger partial charge < -0.3 is 0 Å². The van der Waals surface area contributed by atoms with Crippen LogP contribution in [0.3, 0.4) is 0 Å². The van der Waals surface area contributed by atoms with E-state index in [9.17, 15) is 0 Å². The molecule has 0 heterocycles. The summed E-state index contributed by atoms with van der Waals surface area (Å²) in [6.45, 7) is 2.14. The van der Waals surface area contributed by atoms with Crippen molar-refractivity contribution in [3.63, 3.8) is 0 Å². The van der Waals surface area contributed by atoms with Crippen LogP contribution in [0.4, 0.5) is 0 Å². The van der Waals surface area contributed by atoms with Crippen LogP contribution in [0.25, 0.3) is 6.08 Å². The molecule has 0 N–H and O–H groups in total. The highest BCUT2D eigenvalue weighted by Crippen LogP contribution is 2.17. The minimum atomic E-state index is 1.15. The molecule has 0 heteroatoms. The second kappa shape index (κ2) is 3.00. The van der Waals surface area contributed by atoms with Gasteiger partial charge in [0.1, 0.15) is 0 Å². The quantitative estimate of drug-likeness (QED) is 0.506. The summed E-state index contributed by atoms with van der Waals surface area (Å²) in [5.74, 6) is 0. The summed E-state index contributed by atoms with van der Waals surface area (Å²) in [4.78, 5) is 0. The van der Waals surface area contributed by atoms with E-state index in [0.29, 0.717) is 0 Å². The summed E-state index contributed by atoms with van der Waals surface area (Å²) in [7, 11) is 0. The van der Waals surface area contributed by atoms with E-state index in [1.807, 2.05) is 0 Å². The maximum absolute atomic E-state index is 3.29. The molecule has 0 saturated heterocycles. The highest BCUT2D eigenvalue weighted by molar-refractivity contribution is 5.55. The summed E-state index contributed by atoms with van der Waals surface area (Å²) < 4.78 is 0. The Bertz CT molecular complexity index is 352. The predicted molar refractivity (Wildman–Crippen MR) is 51.9 cm³/mol. The van der Waals surface area contributed by atoms with Gasteiger partial charge in [0.15, 0.2) is 0 Å². The Morgan fingerprint density at radius 3 is 2.92 bits per heavy atom. The molecule has 0 saturated carbocycles. The Morgan fingerprint density at radius 2 is 2.00 bits per heavy atom. The number of hydrogen-bond donors (Lipinski definition) is 0. The zero-order valence-corrected chi connectivity index (χ0v) is 7.30. The monoisotopic (exact) mass is 156 g/mol. The molecule has 0 aliphatic heterocycles. The minimum Gasteiger partial charge on any atom is -0.121 e. The van der Waals surface area contributed by atoms with E-state index in [-0.39, 0.29) is 0 Å². The molecule has 1 aromatic carbocycles. The molecule has 0 fully saturated rings. The van der Waals surface area contributed by atoms with Crippen molar-refractivity contribution >= 4 is 6.08 Å². The van der Waals surface area contributed by atoms with Crippen molar-refractivity contribution in [2.24, 2.45) is 0 Å². The van der Waals surface area contributed by atoms with Crippen LogP contribution in [0.1, 0.15) is 24.5 Å². The van der Waals surface area contributed by atoms with E-state index in [4.69, 9.17) is 0 Å². The molecule has 12 heavy (non-hydrogen) atoms. The molecule has 1 aliphatic carbocycles. The van der Waals surface area contributed by atoms with Crippen molar-refractivity contribution in [3.05, 3.63) is 46.7 Å². The summed E-state index contributed by atoms with van der Waals surface area (Å²) in [5, 5.41) is 0. The third-order valence-corrected chi connectivity index (χ3v) is 2.30. The summed E-state index contributed by atoms with van der Waals surface area (Å²) in [6, 6.07) is 8.54. The number of aryl methyl sites for hydroxylation is 1. The second-order valence-electron chi connectivity index (χ2n) is 3.27. The van der Waals surface area contributed by atoms with E-state index >= 15 is 0 Å². The standard InChI is InChI=1S/C12H12/c1-10-6-8-11-4-2-3-5-12(11)9-7-10/h2-5,9H,6,8H2,1H3. The topological polar surface area (TPSA) is 0 Å². The summed E-state index contributed by atoms with van der Waals surface area (Å²) in [5.41, 5.74) is 7.42. The minimum absolute atomic E-state index is 1.15. The summed E-state index contributed by atoms with van der Waals surface area (Å²) >= 11 is 0. The second-order valence-corrected chi connectivity index (χ2v) is 3.27. The molecular formula is C12H12. The molecule has 0 nitrogen and oxygen atoms in total. The molecule has 0 amide bonds. The van der Waals surface area contributed by atoms with Crippen molar-refractivity contribution in [1.82, 2.24) is 0 Å². The largest absolute Gasteiger partial charge is 0.121 e. The van der Waals surface area contributed by atoms with Gasteiger partial charge in [-0.05, 0) is 42.5 Å². The molecule has 0 spiro atoms. The number of allylic oxidation sites excluding steroid dienone is 1. The number of benzene rings is 1. The van der Waals surface area contributed by atoms with E-state index in [0.717, 1.165) is 12.8 Å². The molecule has 0 atom stereocenters. The maximum atomic E-state index is 3.29. The number of fused-ring (bicyclic) bond motifs is 1. The van der Waals surface area contributed by atoms with Crippen molar-refractivity contribution in [1.29, 1.82) is 0 Å². The molecule has 0 unspecified atom stereocenters. The van der Waals surface area contributed by atoms with Gasteiger partial charge in [-0.3, -0.25) is 0 Å². The van der Waals surface area contributed by atoms with Crippen LogP contribution in [0, 0.1) is 0 Å². The van der Waals surface area contributed by atoms with E-state index < -0.39 is 0 Å². The van der Waals surface area contributed by atoms with Crippen LogP contribution >= 0.6 is 0 Å². The Labute approximate surface area is 73.2 Å². The fourth-order valence-corrected chi connectivity index (χ4v) is 1.50. The van der Waals surface area contributed by atoms with Crippen molar-refractivity contribution in [2.45, 2.75) is 19.8 Å². The smallest absolute Gasteiger partial charge is 0.0125 e. The normalized spacial score (nSPS) is 14.9. The highest BCUT2D eigenvalue weighted by atomic mass is 14.1. The van der Waals surface area contributed by atoms with Crippen molar-refractivity contribution < 1.29 is 0 Å². The van der Waals surface area contributed by atoms with Crippen LogP contribution < -0.4 is 0 Å². The Kier molecular flexibility index (Phi) is 1.85. The average Bonchev–Trinajstić information content (AvgIpc) is 2.29. The van der Waals surface area contributed by atoms with Gasteiger partial charge in [-0.25, -0.2) is 0 Å². The Morgan fingerprint density at radius 1 is 1.17 bits per heavy atom. The van der Waals surface area contributed by atoms with E-state index in [2.05, 4.69) is 43.0 Å². The van der Waals surface area contributed by atoms with Gasteiger partial charge in [0.25, 0.3) is 0 Å².